The van der Waals surface area contributed by atoms with Gasteiger partial charge in [0.2, 0.25) is 11.6 Å². The van der Waals surface area contributed by atoms with Crippen LogP contribution >= 0.6 is 0 Å². The van der Waals surface area contributed by atoms with Gasteiger partial charge in [0, 0.05) is 16.8 Å². The average Bonchev–Trinajstić information content (AvgIpc) is 3.16. The number of para-hydroxylation sites is 1. The Morgan fingerprint density at radius 3 is 2.34 bits per heavy atom. The summed E-state index contributed by atoms with van der Waals surface area (Å²) in [5.74, 6) is -0.526. The molecule has 29 heavy (non-hydrogen) atoms. The largest absolute Gasteiger partial charge is 0.350 e. The molecule has 3 aromatic carbocycles. The Balaban J connectivity index is 1.77. The summed E-state index contributed by atoms with van der Waals surface area (Å²) >= 11 is 0. The molecule has 0 spiro atoms. The molecule has 1 aliphatic carbocycles. The van der Waals surface area contributed by atoms with Crippen molar-refractivity contribution in [3.05, 3.63) is 95.2 Å². The summed E-state index contributed by atoms with van der Waals surface area (Å²) in [5.41, 5.74) is 4.17. The number of carbonyl (C=O) groups excluding carboxylic acids is 2. The summed E-state index contributed by atoms with van der Waals surface area (Å²) < 4.78 is 1.45. The second-order valence-corrected chi connectivity index (χ2v) is 6.91. The van der Waals surface area contributed by atoms with Crippen LogP contribution < -0.4 is 5.32 Å². The molecule has 1 heterocycles. The highest BCUT2D eigenvalue weighted by molar-refractivity contribution is 6.38. The van der Waals surface area contributed by atoms with E-state index in [1.165, 1.54) is 4.68 Å². The Morgan fingerprint density at radius 1 is 0.828 bits per heavy atom. The van der Waals surface area contributed by atoms with E-state index in [1.54, 1.807) is 24.3 Å². The Labute approximate surface area is 166 Å². The van der Waals surface area contributed by atoms with Gasteiger partial charge in [-0.15, -0.1) is 5.10 Å². The van der Waals surface area contributed by atoms with Gasteiger partial charge in [-0.2, -0.15) is 0 Å². The highest BCUT2D eigenvalue weighted by Gasteiger charge is 2.34. The van der Waals surface area contributed by atoms with Gasteiger partial charge in [-0.25, -0.2) is 4.68 Å². The number of aromatic nitrogens is 3. The third kappa shape index (κ3) is 2.73. The lowest BCUT2D eigenvalue weighted by atomic mass is 9.90. The van der Waals surface area contributed by atoms with Crippen molar-refractivity contribution in [1.82, 2.24) is 15.0 Å². The SMILES string of the molecule is Cc1cccc(NC2=C(n3nnc4ccccc43)C(=O)c3ccccc3C2=O)c1. The second kappa shape index (κ2) is 6.53. The molecule has 4 aromatic rings. The molecule has 0 saturated heterocycles. The molecular weight excluding hydrogens is 364 g/mol. The lowest BCUT2D eigenvalue weighted by Crippen LogP contribution is -2.28. The van der Waals surface area contributed by atoms with E-state index >= 15 is 0 Å². The topological polar surface area (TPSA) is 76.9 Å². The fourth-order valence-corrected chi connectivity index (χ4v) is 3.58. The molecule has 1 aliphatic rings. The number of benzene rings is 3. The minimum atomic E-state index is -0.272. The van der Waals surface area contributed by atoms with Crippen LogP contribution in [0.5, 0.6) is 0 Å². The zero-order chi connectivity index (χ0) is 20.0. The Kier molecular flexibility index (Phi) is 3.84. The monoisotopic (exact) mass is 380 g/mol. The molecule has 6 nitrogen and oxygen atoms in total. The van der Waals surface area contributed by atoms with Crippen LogP contribution in [0.3, 0.4) is 0 Å². The number of nitrogens with zero attached hydrogens (tertiary/aromatic N) is 3. The third-order valence-corrected chi connectivity index (χ3v) is 4.95. The van der Waals surface area contributed by atoms with Crippen LogP contribution in [0.4, 0.5) is 5.69 Å². The maximum Gasteiger partial charge on any atom is 0.214 e. The zero-order valence-corrected chi connectivity index (χ0v) is 15.6. The van der Waals surface area contributed by atoms with Gasteiger partial charge in [0.25, 0.3) is 0 Å². The maximum atomic E-state index is 13.4. The minimum Gasteiger partial charge on any atom is -0.350 e. The number of hydrogen-bond donors (Lipinski definition) is 1. The van der Waals surface area contributed by atoms with Crippen LogP contribution in [-0.2, 0) is 0 Å². The number of fused-ring (bicyclic) bond motifs is 2. The molecule has 0 unspecified atom stereocenters. The number of Topliss-reactive ketones (excluding diaryl/α,β-unsaturated/α-hetero) is 2. The molecule has 0 atom stereocenters. The molecule has 0 aliphatic heterocycles. The highest BCUT2D eigenvalue weighted by atomic mass is 16.1. The summed E-state index contributed by atoms with van der Waals surface area (Å²) in [7, 11) is 0. The van der Waals surface area contributed by atoms with E-state index in [0.29, 0.717) is 22.2 Å². The van der Waals surface area contributed by atoms with Crippen molar-refractivity contribution in [2.75, 3.05) is 5.32 Å². The van der Waals surface area contributed by atoms with Crippen LogP contribution in [0.2, 0.25) is 0 Å². The van der Waals surface area contributed by atoms with Gasteiger partial charge in [0.1, 0.15) is 16.9 Å². The first-order chi connectivity index (χ1) is 14.1. The molecule has 6 heteroatoms. The van der Waals surface area contributed by atoms with Gasteiger partial charge in [-0.3, -0.25) is 9.59 Å². The van der Waals surface area contributed by atoms with Crippen molar-refractivity contribution in [2.45, 2.75) is 6.92 Å². The predicted octanol–water partition coefficient (Wildman–Crippen LogP) is 4.10. The van der Waals surface area contributed by atoms with Crippen molar-refractivity contribution in [2.24, 2.45) is 0 Å². The third-order valence-electron chi connectivity index (χ3n) is 4.95. The van der Waals surface area contributed by atoms with Gasteiger partial charge >= 0.3 is 0 Å². The summed E-state index contributed by atoms with van der Waals surface area (Å²) in [5, 5.41) is 11.5. The van der Waals surface area contributed by atoms with E-state index in [0.717, 1.165) is 11.3 Å². The molecule has 0 bridgehead atoms. The molecule has 0 radical (unpaired) electrons. The first-order valence-corrected chi connectivity index (χ1v) is 9.21. The number of aryl methyl sites for hydroxylation is 1. The van der Waals surface area contributed by atoms with Gasteiger partial charge in [0.05, 0.1) is 5.52 Å². The van der Waals surface area contributed by atoms with Crippen molar-refractivity contribution in [3.63, 3.8) is 0 Å². The van der Waals surface area contributed by atoms with Gasteiger partial charge in [-0.05, 0) is 36.8 Å². The molecule has 0 amide bonds. The Bertz CT molecular complexity index is 1330. The predicted molar refractivity (Wildman–Crippen MR) is 111 cm³/mol. The number of rotatable bonds is 3. The first kappa shape index (κ1) is 17.1. The molecule has 1 N–H and O–H groups in total. The van der Waals surface area contributed by atoms with Crippen molar-refractivity contribution < 1.29 is 9.59 Å². The lowest BCUT2D eigenvalue weighted by Gasteiger charge is -2.22. The number of carbonyl (C=O) groups is 2. The fourth-order valence-electron chi connectivity index (χ4n) is 3.58. The second-order valence-electron chi connectivity index (χ2n) is 6.91. The van der Waals surface area contributed by atoms with Crippen LogP contribution in [0.15, 0.2) is 78.5 Å². The van der Waals surface area contributed by atoms with E-state index < -0.39 is 0 Å². The molecule has 0 fully saturated rings. The molecular formula is C23H16N4O2. The molecule has 0 saturated carbocycles. The van der Waals surface area contributed by atoms with Crippen LogP contribution in [-0.4, -0.2) is 26.6 Å². The minimum absolute atomic E-state index is 0.170. The lowest BCUT2D eigenvalue weighted by molar-refractivity contribution is 0.0988. The number of anilines is 1. The zero-order valence-electron chi connectivity index (χ0n) is 15.6. The number of nitrogens with one attached hydrogen (secondary N) is 1. The average molecular weight is 380 g/mol. The Hall–Kier alpha value is -4.06. The summed E-state index contributed by atoms with van der Waals surface area (Å²) in [6, 6.07) is 21.8. The Morgan fingerprint density at radius 2 is 1.55 bits per heavy atom. The maximum absolute atomic E-state index is 13.4. The smallest absolute Gasteiger partial charge is 0.214 e. The standard InChI is InChI=1S/C23H16N4O2/c1-14-7-6-8-15(13-14)24-20-21(27-19-12-5-4-11-18(19)25-26-27)23(29)17-10-3-2-9-16(17)22(20)28/h2-13,24H,1H3. The summed E-state index contributed by atoms with van der Waals surface area (Å²) in [6.45, 7) is 1.97. The van der Waals surface area contributed by atoms with Crippen molar-refractivity contribution in [1.29, 1.82) is 0 Å². The quantitative estimate of drug-likeness (QED) is 0.579. The van der Waals surface area contributed by atoms with Gasteiger partial charge in [0.15, 0.2) is 0 Å². The summed E-state index contributed by atoms with van der Waals surface area (Å²) in [4.78, 5) is 26.8. The highest BCUT2D eigenvalue weighted by Crippen LogP contribution is 2.31. The van der Waals surface area contributed by atoms with Gasteiger partial charge in [-0.1, -0.05) is 53.7 Å². The van der Waals surface area contributed by atoms with E-state index in [1.807, 2.05) is 55.5 Å². The number of hydrogen-bond acceptors (Lipinski definition) is 5. The van der Waals surface area contributed by atoms with E-state index in [9.17, 15) is 9.59 Å². The normalized spacial score (nSPS) is 13.7. The number of allylic oxidation sites excluding steroid dienone is 2. The van der Waals surface area contributed by atoms with Crippen molar-refractivity contribution >= 4 is 34.0 Å². The first-order valence-electron chi connectivity index (χ1n) is 9.21. The number of ketones is 2. The van der Waals surface area contributed by atoms with Crippen LogP contribution in [0, 0.1) is 6.92 Å². The van der Waals surface area contributed by atoms with Crippen LogP contribution in [0.1, 0.15) is 26.3 Å². The molecule has 5 rings (SSSR count). The van der Waals surface area contributed by atoms with E-state index in [4.69, 9.17) is 0 Å². The fraction of sp³-hybridized carbons (Fsp3) is 0.0435. The van der Waals surface area contributed by atoms with Crippen LogP contribution in [0.25, 0.3) is 16.7 Å². The van der Waals surface area contributed by atoms with E-state index in [-0.39, 0.29) is 23.0 Å². The molecule has 140 valence electrons. The summed E-state index contributed by atoms with van der Waals surface area (Å²) in [6.07, 6.45) is 0. The van der Waals surface area contributed by atoms with Crippen molar-refractivity contribution in [3.8, 4) is 0 Å². The van der Waals surface area contributed by atoms with E-state index in [2.05, 4.69) is 15.6 Å². The molecule has 1 aromatic heterocycles. The van der Waals surface area contributed by atoms with Gasteiger partial charge < -0.3 is 5.32 Å².